The highest BCUT2D eigenvalue weighted by Gasteiger charge is 2.36. The molecule has 3 nitrogen and oxygen atoms in total. The summed E-state index contributed by atoms with van der Waals surface area (Å²) >= 11 is 5.85. The van der Waals surface area contributed by atoms with Gasteiger partial charge in [0.15, 0.2) is 0 Å². The number of carbonyl (C=O) groups is 1. The monoisotopic (exact) mass is 262 g/mol. The normalized spacial score (nSPS) is 27.7. The second-order valence-electron chi connectivity index (χ2n) is 5.13. The third-order valence-electron chi connectivity index (χ3n) is 3.90. The first-order valence-electron chi connectivity index (χ1n) is 6.35. The number of nitrogens with one attached hydrogen (secondary N) is 1. The summed E-state index contributed by atoms with van der Waals surface area (Å²) in [7, 11) is 0. The van der Waals surface area contributed by atoms with Gasteiger partial charge in [-0.2, -0.15) is 5.10 Å². The van der Waals surface area contributed by atoms with Gasteiger partial charge in [0.25, 0.3) is 5.91 Å². The number of amides is 1. The van der Waals surface area contributed by atoms with E-state index in [1.165, 1.54) is 25.0 Å². The average molecular weight is 263 g/mol. The second-order valence-corrected chi connectivity index (χ2v) is 5.57. The Morgan fingerprint density at radius 3 is 2.94 bits per heavy atom. The highest BCUT2D eigenvalue weighted by atomic mass is 35.5. The molecule has 2 bridgehead atoms. The molecular formula is C14H15ClN2O. The summed E-state index contributed by atoms with van der Waals surface area (Å²) in [6, 6.07) is 6.90. The molecule has 0 saturated heterocycles. The molecule has 2 aliphatic carbocycles. The molecule has 2 atom stereocenters. The summed E-state index contributed by atoms with van der Waals surface area (Å²) in [6.45, 7) is 0. The molecule has 1 aromatic rings. The van der Waals surface area contributed by atoms with Crippen LogP contribution in [0.2, 0.25) is 5.02 Å². The maximum atomic E-state index is 11.9. The van der Waals surface area contributed by atoms with Gasteiger partial charge in [-0.05, 0) is 55.7 Å². The first-order valence-corrected chi connectivity index (χ1v) is 6.72. The zero-order valence-electron chi connectivity index (χ0n) is 10.0. The first-order chi connectivity index (χ1) is 8.72. The standard InChI is InChI=1S/C14H15ClN2O/c15-12-3-1-2-11(8-12)14(18)17-16-13-7-9-4-5-10(13)6-9/h1-3,8-10H,4-7H2,(H,17,18)/b16-13-/t9-,10+/m0/s1. The maximum absolute atomic E-state index is 11.9. The fourth-order valence-corrected chi connectivity index (χ4v) is 3.17. The van der Waals surface area contributed by atoms with Crippen molar-refractivity contribution in [2.45, 2.75) is 25.7 Å². The molecule has 0 spiro atoms. The predicted molar refractivity (Wildman–Crippen MR) is 71.8 cm³/mol. The van der Waals surface area contributed by atoms with Crippen LogP contribution in [-0.2, 0) is 0 Å². The Bertz CT molecular complexity index is 512. The van der Waals surface area contributed by atoms with Crippen LogP contribution >= 0.6 is 11.6 Å². The SMILES string of the molecule is O=C(N/N=C1/C[C@H]2CC[C@@H]1C2)c1cccc(Cl)c1. The van der Waals surface area contributed by atoms with Gasteiger partial charge in [-0.25, -0.2) is 5.43 Å². The molecule has 2 saturated carbocycles. The van der Waals surface area contributed by atoms with Gasteiger partial charge in [-0.3, -0.25) is 4.79 Å². The van der Waals surface area contributed by atoms with Gasteiger partial charge >= 0.3 is 0 Å². The largest absolute Gasteiger partial charge is 0.271 e. The van der Waals surface area contributed by atoms with E-state index in [1.807, 2.05) is 0 Å². The molecule has 4 heteroatoms. The molecule has 0 unspecified atom stereocenters. The summed E-state index contributed by atoms with van der Waals surface area (Å²) < 4.78 is 0. The van der Waals surface area contributed by atoms with Gasteiger partial charge in [-0.1, -0.05) is 17.7 Å². The van der Waals surface area contributed by atoms with Crippen LogP contribution in [0.15, 0.2) is 29.4 Å². The van der Waals surface area contributed by atoms with Crippen molar-refractivity contribution in [2.24, 2.45) is 16.9 Å². The zero-order valence-corrected chi connectivity index (χ0v) is 10.8. The number of nitrogens with zero attached hydrogens (tertiary/aromatic N) is 1. The van der Waals surface area contributed by atoms with E-state index >= 15 is 0 Å². The quantitative estimate of drug-likeness (QED) is 0.817. The van der Waals surface area contributed by atoms with E-state index in [9.17, 15) is 4.79 Å². The lowest BCUT2D eigenvalue weighted by Crippen LogP contribution is -2.21. The summed E-state index contributed by atoms with van der Waals surface area (Å²) in [6.07, 6.45) is 4.87. The van der Waals surface area contributed by atoms with Gasteiger partial charge in [0, 0.05) is 16.3 Å². The second kappa shape index (κ2) is 4.73. The number of benzene rings is 1. The Morgan fingerprint density at radius 2 is 2.28 bits per heavy atom. The van der Waals surface area contributed by atoms with Crippen LogP contribution in [0.25, 0.3) is 0 Å². The van der Waals surface area contributed by atoms with Gasteiger partial charge in [0.05, 0.1) is 0 Å². The van der Waals surface area contributed by atoms with E-state index in [1.54, 1.807) is 24.3 Å². The van der Waals surface area contributed by atoms with Crippen LogP contribution in [0.4, 0.5) is 0 Å². The Kier molecular flexibility index (Phi) is 3.08. The highest BCUT2D eigenvalue weighted by Crippen LogP contribution is 2.42. The van der Waals surface area contributed by atoms with Crippen molar-refractivity contribution in [2.75, 3.05) is 0 Å². The van der Waals surface area contributed by atoms with E-state index in [0.717, 1.165) is 12.3 Å². The molecule has 2 aliphatic rings. The van der Waals surface area contributed by atoms with Crippen molar-refractivity contribution in [1.82, 2.24) is 5.43 Å². The zero-order chi connectivity index (χ0) is 12.5. The van der Waals surface area contributed by atoms with Gasteiger partial charge in [-0.15, -0.1) is 0 Å². The molecule has 0 radical (unpaired) electrons. The van der Waals surface area contributed by atoms with Crippen LogP contribution in [0.3, 0.4) is 0 Å². The molecule has 1 aromatic carbocycles. The molecule has 1 N–H and O–H groups in total. The Labute approximate surface area is 111 Å². The van der Waals surface area contributed by atoms with E-state index in [-0.39, 0.29) is 5.91 Å². The Morgan fingerprint density at radius 1 is 1.39 bits per heavy atom. The van der Waals surface area contributed by atoms with E-state index in [0.29, 0.717) is 16.5 Å². The van der Waals surface area contributed by atoms with Crippen LogP contribution in [0, 0.1) is 11.8 Å². The molecule has 3 rings (SSSR count). The van der Waals surface area contributed by atoms with Crippen LogP contribution in [-0.4, -0.2) is 11.6 Å². The molecule has 0 heterocycles. The number of hydrazone groups is 1. The predicted octanol–water partition coefficient (Wildman–Crippen LogP) is 3.25. The number of fused-ring (bicyclic) bond motifs is 2. The van der Waals surface area contributed by atoms with Crippen LogP contribution in [0.5, 0.6) is 0 Å². The number of hydrogen-bond donors (Lipinski definition) is 1. The summed E-state index contributed by atoms with van der Waals surface area (Å²) in [5, 5.41) is 4.85. The molecule has 2 fully saturated rings. The number of carbonyl (C=O) groups excluding carboxylic acids is 1. The Balaban J connectivity index is 1.67. The van der Waals surface area contributed by atoms with Gasteiger partial charge in [0.1, 0.15) is 0 Å². The summed E-state index contributed by atoms with van der Waals surface area (Å²) in [5.74, 6) is 1.22. The van der Waals surface area contributed by atoms with Crippen molar-refractivity contribution in [1.29, 1.82) is 0 Å². The lowest BCUT2D eigenvalue weighted by molar-refractivity contribution is 0.0954. The minimum atomic E-state index is -0.187. The van der Waals surface area contributed by atoms with Crippen molar-refractivity contribution in [3.8, 4) is 0 Å². The topological polar surface area (TPSA) is 41.5 Å². The molecule has 94 valence electrons. The van der Waals surface area contributed by atoms with Crippen molar-refractivity contribution in [3.05, 3.63) is 34.9 Å². The van der Waals surface area contributed by atoms with E-state index in [4.69, 9.17) is 11.6 Å². The molecule has 0 aliphatic heterocycles. The number of halogens is 1. The lowest BCUT2D eigenvalue weighted by Gasteiger charge is -2.11. The third kappa shape index (κ3) is 2.27. The Hall–Kier alpha value is -1.35. The van der Waals surface area contributed by atoms with Crippen LogP contribution < -0.4 is 5.43 Å². The minimum Gasteiger partial charge on any atom is -0.267 e. The minimum absolute atomic E-state index is 0.187. The average Bonchev–Trinajstić information content (AvgIpc) is 2.98. The maximum Gasteiger partial charge on any atom is 0.271 e. The third-order valence-corrected chi connectivity index (χ3v) is 4.13. The van der Waals surface area contributed by atoms with Crippen molar-refractivity contribution in [3.63, 3.8) is 0 Å². The molecule has 1 amide bonds. The van der Waals surface area contributed by atoms with Crippen LogP contribution in [0.1, 0.15) is 36.0 Å². The lowest BCUT2D eigenvalue weighted by atomic mass is 9.99. The highest BCUT2D eigenvalue weighted by molar-refractivity contribution is 6.30. The van der Waals surface area contributed by atoms with E-state index < -0.39 is 0 Å². The number of hydrogen-bond acceptors (Lipinski definition) is 2. The first kappa shape index (κ1) is 11.7. The molecular weight excluding hydrogens is 248 g/mol. The smallest absolute Gasteiger partial charge is 0.267 e. The van der Waals surface area contributed by atoms with E-state index in [2.05, 4.69) is 10.5 Å². The molecule has 0 aromatic heterocycles. The van der Waals surface area contributed by atoms with Crippen molar-refractivity contribution >= 4 is 23.2 Å². The fourth-order valence-electron chi connectivity index (χ4n) is 2.98. The van der Waals surface area contributed by atoms with Gasteiger partial charge in [0.2, 0.25) is 0 Å². The van der Waals surface area contributed by atoms with Crippen molar-refractivity contribution < 1.29 is 4.79 Å². The summed E-state index contributed by atoms with van der Waals surface area (Å²) in [5.41, 5.74) is 4.36. The fraction of sp³-hybridized carbons (Fsp3) is 0.429. The van der Waals surface area contributed by atoms with Gasteiger partial charge < -0.3 is 0 Å². The number of rotatable bonds is 2. The molecule has 18 heavy (non-hydrogen) atoms. The summed E-state index contributed by atoms with van der Waals surface area (Å²) in [4.78, 5) is 11.9.